The zero-order valence-electron chi connectivity index (χ0n) is 15.8. The van der Waals surface area contributed by atoms with Crippen molar-refractivity contribution in [2.75, 3.05) is 31.1 Å². The molecule has 4 heterocycles. The fourth-order valence-corrected chi connectivity index (χ4v) is 4.09. The number of carbonyl (C=O) groups excluding carboxylic acids is 1. The Morgan fingerprint density at radius 3 is 2.70 bits per heavy atom. The molecule has 4 rings (SSSR count). The van der Waals surface area contributed by atoms with Gasteiger partial charge in [-0.1, -0.05) is 0 Å². The van der Waals surface area contributed by atoms with E-state index < -0.39 is 0 Å². The van der Waals surface area contributed by atoms with Crippen LogP contribution in [0.2, 0.25) is 0 Å². The van der Waals surface area contributed by atoms with Crippen LogP contribution in [-0.2, 0) is 16.6 Å². The summed E-state index contributed by atoms with van der Waals surface area (Å²) >= 11 is 0. The number of hydrogen-bond acceptors (Lipinski definition) is 5. The highest BCUT2D eigenvalue weighted by Gasteiger charge is 2.37. The molecule has 144 valence electrons. The van der Waals surface area contributed by atoms with Gasteiger partial charge in [-0.2, -0.15) is 0 Å². The first-order chi connectivity index (χ1) is 13.2. The fourth-order valence-electron chi connectivity index (χ4n) is 4.09. The highest BCUT2D eigenvalue weighted by Crippen LogP contribution is 2.33. The summed E-state index contributed by atoms with van der Waals surface area (Å²) in [7, 11) is 1.94. The standard InChI is InChI=1S/C20H27N5O2/c1-24-12-9-22-19(24)18-17(6-13-27-18)20(26)23-14-15-4-10-25(11-5-15)16-2-7-21-8-3-16/h2-3,7-9,12,15,17-18H,4-6,10-11,13-14H2,1H3,(H,23,26)/t17-,18-/m1/s1. The smallest absolute Gasteiger partial charge is 0.226 e. The molecule has 0 spiro atoms. The number of hydrogen-bond donors (Lipinski definition) is 1. The van der Waals surface area contributed by atoms with E-state index in [1.54, 1.807) is 6.20 Å². The Bertz CT molecular complexity index is 755. The fraction of sp³-hybridized carbons (Fsp3) is 0.550. The van der Waals surface area contributed by atoms with Crippen LogP contribution in [0, 0.1) is 11.8 Å². The second-order valence-corrected chi connectivity index (χ2v) is 7.46. The third kappa shape index (κ3) is 3.98. The summed E-state index contributed by atoms with van der Waals surface area (Å²) in [5.74, 6) is 1.30. The Hall–Kier alpha value is -2.41. The summed E-state index contributed by atoms with van der Waals surface area (Å²) in [5.41, 5.74) is 1.23. The molecule has 7 heteroatoms. The summed E-state index contributed by atoms with van der Waals surface area (Å²) in [6, 6.07) is 4.11. The molecule has 0 radical (unpaired) electrons. The second kappa shape index (κ2) is 8.08. The van der Waals surface area contributed by atoms with Gasteiger partial charge in [-0.3, -0.25) is 9.78 Å². The summed E-state index contributed by atoms with van der Waals surface area (Å²) < 4.78 is 7.75. The molecule has 0 bridgehead atoms. The third-order valence-corrected chi connectivity index (χ3v) is 5.75. The van der Waals surface area contributed by atoms with Gasteiger partial charge in [-0.15, -0.1) is 0 Å². The van der Waals surface area contributed by atoms with Crippen molar-refractivity contribution < 1.29 is 9.53 Å². The molecule has 2 aromatic heterocycles. The molecule has 0 unspecified atom stereocenters. The lowest BCUT2D eigenvalue weighted by molar-refractivity contribution is -0.127. The van der Waals surface area contributed by atoms with Gasteiger partial charge in [0.2, 0.25) is 5.91 Å². The predicted molar refractivity (Wildman–Crippen MR) is 102 cm³/mol. The molecule has 2 fully saturated rings. The van der Waals surface area contributed by atoms with Crippen LogP contribution in [0.1, 0.15) is 31.2 Å². The van der Waals surface area contributed by atoms with Gasteiger partial charge in [-0.05, 0) is 37.3 Å². The largest absolute Gasteiger partial charge is 0.371 e. The van der Waals surface area contributed by atoms with E-state index in [0.29, 0.717) is 12.5 Å². The number of pyridine rings is 1. The molecule has 2 saturated heterocycles. The lowest BCUT2D eigenvalue weighted by Gasteiger charge is -2.33. The van der Waals surface area contributed by atoms with Crippen molar-refractivity contribution >= 4 is 11.6 Å². The van der Waals surface area contributed by atoms with Gasteiger partial charge in [0.1, 0.15) is 11.9 Å². The zero-order chi connectivity index (χ0) is 18.6. The molecular weight excluding hydrogens is 342 g/mol. The summed E-state index contributed by atoms with van der Waals surface area (Å²) in [4.78, 5) is 23.6. The number of ether oxygens (including phenoxy) is 1. The molecule has 0 aromatic carbocycles. The van der Waals surface area contributed by atoms with Gasteiger partial charge in [0.05, 0.1) is 5.92 Å². The molecule has 2 aromatic rings. The van der Waals surface area contributed by atoms with Crippen molar-refractivity contribution in [2.24, 2.45) is 18.9 Å². The van der Waals surface area contributed by atoms with E-state index in [4.69, 9.17) is 4.74 Å². The van der Waals surface area contributed by atoms with Crippen LogP contribution in [0.4, 0.5) is 5.69 Å². The van der Waals surface area contributed by atoms with E-state index >= 15 is 0 Å². The minimum atomic E-state index is -0.237. The SMILES string of the molecule is Cn1ccnc1[C@@H]1OCC[C@H]1C(=O)NCC1CCN(c2ccncc2)CC1. The van der Waals surface area contributed by atoms with Gasteiger partial charge >= 0.3 is 0 Å². The third-order valence-electron chi connectivity index (χ3n) is 5.75. The van der Waals surface area contributed by atoms with Gasteiger partial charge < -0.3 is 19.5 Å². The molecular formula is C20H27N5O2. The highest BCUT2D eigenvalue weighted by atomic mass is 16.5. The maximum absolute atomic E-state index is 12.7. The lowest BCUT2D eigenvalue weighted by atomic mass is 9.95. The monoisotopic (exact) mass is 369 g/mol. The Morgan fingerprint density at radius 2 is 2.00 bits per heavy atom. The number of aryl methyl sites for hydroxylation is 1. The van der Waals surface area contributed by atoms with E-state index in [1.807, 2.05) is 30.2 Å². The van der Waals surface area contributed by atoms with Crippen LogP contribution in [0.5, 0.6) is 0 Å². The topological polar surface area (TPSA) is 72.3 Å². The van der Waals surface area contributed by atoms with Gasteiger partial charge in [0.15, 0.2) is 0 Å². The molecule has 2 aliphatic rings. The van der Waals surface area contributed by atoms with Crippen LogP contribution >= 0.6 is 0 Å². The van der Waals surface area contributed by atoms with Crippen molar-refractivity contribution in [3.05, 3.63) is 42.7 Å². The van der Waals surface area contributed by atoms with Crippen molar-refractivity contribution in [3.63, 3.8) is 0 Å². The normalized spacial score (nSPS) is 23.5. The Morgan fingerprint density at radius 1 is 1.22 bits per heavy atom. The van der Waals surface area contributed by atoms with E-state index in [1.165, 1.54) is 5.69 Å². The van der Waals surface area contributed by atoms with E-state index in [9.17, 15) is 4.79 Å². The number of rotatable bonds is 5. The number of aromatic nitrogens is 3. The highest BCUT2D eigenvalue weighted by molar-refractivity contribution is 5.79. The molecule has 2 atom stereocenters. The van der Waals surface area contributed by atoms with Crippen molar-refractivity contribution in [2.45, 2.75) is 25.4 Å². The summed E-state index contributed by atoms with van der Waals surface area (Å²) in [6.45, 7) is 3.40. The number of piperidine rings is 1. The number of nitrogens with one attached hydrogen (secondary N) is 1. The van der Waals surface area contributed by atoms with Gasteiger partial charge in [0.25, 0.3) is 0 Å². The number of carbonyl (C=O) groups is 1. The molecule has 27 heavy (non-hydrogen) atoms. The van der Waals surface area contributed by atoms with E-state index in [2.05, 4.69) is 32.3 Å². The summed E-state index contributed by atoms with van der Waals surface area (Å²) in [5, 5.41) is 3.18. The quantitative estimate of drug-likeness (QED) is 0.872. The first-order valence-electron chi connectivity index (χ1n) is 9.74. The van der Waals surface area contributed by atoms with Gasteiger partial charge in [-0.25, -0.2) is 4.98 Å². The van der Waals surface area contributed by atoms with E-state index in [-0.39, 0.29) is 17.9 Å². The van der Waals surface area contributed by atoms with Crippen molar-refractivity contribution in [3.8, 4) is 0 Å². The van der Waals surface area contributed by atoms with Crippen LogP contribution in [-0.4, -0.2) is 46.7 Å². The molecule has 1 N–H and O–H groups in total. The average molecular weight is 369 g/mol. The first-order valence-corrected chi connectivity index (χ1v) is 9.74. The predicted octanol–water partition coefficient (Wildman–Crippen LogP) is 1.93. The first kappa shape index (κ1) is 18.0. The van der Waals surface area contributed by atoms with Crippen LogP contribution in [0.15, 0.2) is 36.9 Å². The number of anilines is 1. The minimum Gasteiger partial charge on any atom is -0.371 e. The number of nitrogens with zero attached hydrogens (tertiary/aromatic N) is 4. The van der Waals surface area contributed by atoms with Crippen LogP contribution in [0.25, 0.3) is 0 Å². The van der Waals surface area contributed by atoms with Crippen molar-refractivity contribution in [1.82, 2.24) is 19.9 Å². The van der Waals surface area contributed by atoms with Crippen LogP contribution < -0.4 is 10.2 Å². The second-order valence-electron chi connectivity index (χ2n) is 7.46. The maximum Gasteiger partial charge on any atom is 0.226 e. The Kier molecular flexibility index (Phi) is 5.38. The Labute approximate surface area is 159 Å². The molecule has 7 nitrogen and oxygen atoms in total. The van der Waals surface area contributed by atoms with Gasteiger partial charge in [0, 0.05) is 63.8 Å². The van der Waals surface area contributed by atoms with E-state index in [0.717, 1.165) is 44.7 Å². The minimum absolute atomic E-state index is 0.0945. The number of imidazole rings is 1. The summed E-state index contributed by atoms with van der Waals surface area (Å²) in [6.07, 6.45) is 10.0. The maximum atomic E-state index is 12.7. The zero-order valence-corrected chi connectivity index (χ0v) is 15.8. The Balaban J connectivity index is 1.27. The molecule has 0 aliphatic carbocycles. The van der Waals surface area contributed by atoms with Crippen LogP contribution in [0.3, 0.4) is 0 Å². The average Bonchev–Trinajstić information content (AvgIpc) is 3.36. The molecule has 1 amide bonds. The number of amides is 1. The molecule has 0 saturated carbocycles. The lowest BCUT2D eigenvalue weighted by Crippen LogP contribution is -2.40. The van der Waals surface area contributed by atoms with Crippen molar-refractivity contribution in [1.29, 1.82) is 0 Å². The molecule has 2 aliphatic heterocycles.